The third kappa shape index (κ3) is 5.01. The van der Waals surface area contributed by atoms with Crippen LogP contribution >= 0.6 is 0 Å². The fraction of sp³-hybridized carbons (Fsp3) is 0. The molecule has 4 aromatic heterocycles. The van der Waals surface area contributed by atoms with Crippen molar-refractivity contribution < 1.29 is 4.42 Å². The van der Waals surface area contributed by atoms with Crippen LogP contribution in [0.4, 0.5) is 0 Å². The predicted molar refractivity (Wildman–Crippen MR) is 205 cm³/mol. The molecule has 0 N–H and O–H groups in total. The molecule has 0 saturated carbocycles. The molecule has 6 aromatic carbocycles. The van der Waals surface area contributed by atoms with E-state index in [1.165, 1.54) is 0 Å². The van der Waals surface area contributed by atoms with Crippen LogP contribution < -0.4 is 0 Å². The maximum atomic E-state index is 6.56. The van der Waals surface area contributed by atoms with Gasteiger partial charge in [-0.15, -0.1) is 0 Å². The van der Waals surface area contributed by atoms with Crippen molar-refractivity contribution in [2.45, 2.75) is 0 Å². The molecule has 0 aliphatic carbocycles. The van der Waals surface area contributed by atoms with Crippen molar-refractivity contribution in [1.82, 2.24) is 24.9 Å². The molecule has 6 heteroatoms. The summed E-state index contributed by atoms with van der Waals surface area (Å²) in [4.78, 5) is 24.4. The fourth-order valence-electron chi connectivity index (χ4n) is 6.95. The van der Waals surface area contributed by atoms with Crippen LogP contribution in [0.3, 0.4) is 0 Å². The highest BCUT2D eigenvalue weighted by Gasteiger charge is 2.20. The highest BCUT2D eigenvalue weighted by Crippen LogP contribution is 2.40. The van der Waals surface area contributed by atoms with E-state index >= 15 is 0 Å². The second-order valence-electron chi connectivity index (χ2n) is 12.5. The minimum absolute atomic E-state index is 0.550. The van der Waals surface area contributed by atoms with Crippen LogP contribution in [0.5, 0.6) is 0 Å². The van der Waals surface area contributed by atoms with Crippen LogP contribution in [-0.2, 0) is 0 Å². The van der Waals surface area contributed by atoms with E-state index in [1.54, 1.807) is 0 Å². The maximum absolute atomic E-state index is 6.56. The molecule has 0 spiro atoms. The first-order chi connectivity index (χ1) is 25.3. The first kappa shape index (κ1) is 28.9. The summed E-state index contributed by atoms with van der Waals surface area (Å²) >= 11 is 0. The normalized spacial score (nSPS) is 11.5. The monoisotopic (exact) mass is 653 g/mol. The lowest BCUT2D eigenvalue weighted by molar-refractivity contribution is 0.669. The summed E-state index contributed by atoms with van der Waals surface area (Å²) < 4.78 is 6.56. The molecule has 10 aromatic rings. The number of pyridine rings is 2. The van der Waals surface area contributed by atoms with Gasteiger partial charge in [0.2, 0.25) is 0 Å². The molecule has 0 aliphatic rings. The molecular weight excluding hydrogens is 627 g/mol. The molecular formula is C45H27N5O. The zero-order valence-corrected chi connectivity index (χ0v) is 27.2. The van der Waals surface area contributed by atoms with Crippen LogP contribution in [-0.4, -0.2) is 24.9 Å². The number of fused-ring (bicyclic) bond motifs is 6. The first-order valence-corrected chi connectivity index (χ1v) is 16.8. The van der Waals surface area contributed by atoms with Gasteiger partial charge in [0.15, 0.2) is 17.5 Å². The van der Waals surface area contributed by atoms with Crippen LogP contribution in [0.25, 0.3) is 100 Å². The lowest BCUT2D eigenvalue weighted by Crippen LogP contribution is -2.00. The Balaban J connectivity index is 1.17. The second kappa shape index (κ2) is 11.8. The van der Waals surface area contributed by atoms with E-state index in [0.717, 1.165) is 82.7 Å². The molecule has 0 saturated heterocycles. The number of hydrogen-bond donors (Lipinski definition) is 0. The van der Waals surface area contributed by atoms with E-state index in [4.69, 9.17) is 24.4 Å². The number of para-hydroxylation sites is 1. The Bertz CT molecular complexity index is 2840. The SMILES string of the molecule is c1ccc(-c2nc(-c3ccccc3)nc(-c3cc(-c4ccc(-c5cc6cccnc6c6ncccc56)cc4)cc4c3oc3ccccc34)n2)cc1. The molecule has 0 bridgehead atoms. The van der Waals surface area contributed by atoms with E-state index in [2.05, 4.69) is 65.6 Å². The summed E-state index contributed by atoms with van der Waals surface area (Å²) in [6.07, 6.45) is 3.65. The smallest absolute Gasteiger partial charge is 0.167 e. The number of benzene rings is 6. The molecule has 0 atom stereocenters. The number of furan rings is 1. The van der Waals surface area contributed by atoms with Crippen LogP contribution in [0.2, 0.25) is 0 Å². The summed E-state index contributed by atoms with van der Waals surface area (Å²) in [6.45, 7) is 0. The summed E-state index contributed by atoms with van der Waals surface area (Å²) in [6, 6.07) is 51.6. The van der Waals surface area contributed by atoms with Gasteiger partial charge in [-0.3, -0.25) is 9.97 Å². The lowest BCUT2D eigenvalue weighted by atomic mass is 9.94. The van der Waals surface area contributed by atoms with Crippen molar-refractivity contribution in [3.8, 4) is 56.4 Å². The van der Waals surface area contributed by atoms with Gasteiger partial charge in [-0.25, -0.2) is 15.0 Å². The third-order valence-electron chi connectivity index (χ3n) is 9.41. The van der Waals surface area contributed by atoms with E-state index in [0.29, 0.717) is 17.5 Å². The molecule has 4 heterocycles. The van der Waals surface area contributed by atoms with Crippen molar-refractivity contribution in [3.05, 3.63) is 164 Å². The Morgan fingerprint density at radius 3 is 1.73 bits per heavy atom. The van der Waals surface area contributed by atoms with E-state index in [9.17, 15) is 0 Å². The van der Waals surface area contributed by atoms with Gasteiger partial charge >= 0.3 is 0 Å². The molecule has 10 rings (SSSR count). The molecule has 0 aliphatic heterocycles. The van der Waals surface area contributed by atoms with Crippen LogP contribution in [0.1, 0.15) is 0 Å². The summed E-state index contributed by atoms with van der Waals surface area (Å²) in [5, 5.41) is 4.18. The fourth-order valence-corrected chi connectivity index (χ4v) is 6.95. The summed E-state index contributed by atoms with van der Waals surface area (Å²) in [7, 11) is 0. The van der Waals surface area contributed by atoms with E-state index < -0.39 is 0 Å². The molecule has 51 heavy (non-hydrogen) atoms. The van der Waals surface area contributed by atoms with Gasteiger partial charge in [-0.05, 0) is 58.7 Å². The molecule has 6 nitrogen and oxygen atoms in total. The highest BCUT2D eigenvalue weighted by atomic mass is 16.3. The number of rotatable bonds is 5. The Labute approximate surface area is 292 Å². The van der Waals surface area contributed by atoms with Gasteiger partial charge in [0.25, 0.3) is 0 Å². The zero-order chi connectivity index (χ0) is 33.7. The van der Waals surface area contributed by atoms with Gasteiger partial charge in [0.05, 0.1) is 16.6 Å². The molecule has 0 amide bonds. The minimum atomic E-state index is 0.550. The molecule has 238 valence electrons. The van der Waals surface area contributed by atoms with Crippen molar-refractivity contribution in [3.63, 3.8) is 0 Å². The van der Waals surface area contributed by atoms with Crippen molar-refractivity contribution in [1.29, 1.82) is 0 Å². The van der Waals surface area contributed by atoms with Crippen molar-refractivity contribution in [2.75, 3.05) is 0 Å². The topological polar surface area (TPSA) is 77.6 Å². The summed E-state index contributed by atoms with van der Waals surface area (Å²) in [5.41, 5.74) is 10.3. The Kier molecular flexibility index (Phi) is 6.70. The first-order valence-electron chi connectivity index (χ1n) is 16.8. The minimum Gasteiger partial charge on any atom is -0.455 e. The Morgan fingerprint density at radius 2 is 0.980 bits per heavy atom. The van der Waals surface area contributed by atoms with Crippen molar-refractivity contribution >= 4 is 43.7 Å². The van der Waals surface area contributed by atoms with Crippen LogP contribution in [0, 0.1) is 0 Å². The standard InChI is InChI=1S/C45H27N5O/c1-3-11-30(12-4-1)43-48-44(31-13-5-2-6-14-31)50-45(49-43)38-27-33(26-37-34-16-7-8-18-39(34)51-42(37)38)28-19-21-29(22-20-28)36-25-32-15-9-23-46-40(32)41-35(36)17-10-24-47-41/h1-27H. The number of aromatic nitrogens is 5. The maximum Gasteiger partial charge on any atom is 0.167 e. The predicted octanol–water partition coefficient (Wildman–Crippen LogP) is 11.2. The van der Waals surface area contributed by atoms with Gasteiger partial charge in [-0.1, -0.05) is 115 Å². The summed E-state index contributed by atoms with van der Waals surface area (Å²) in [5.74, 6) is 1.76. The van der Waals surface area contributed by atoms with E-state index in [1.807, 2.05) is 103 Å². The van der Waals surface area contributed by atoms with E-state index in [-0.39, 0.29) is 0 Å². The van der Waals surface area contributed by atoms with Gasteiger partial charge < -0.3 is 4.42 Å². The molecule has 0 unspecified atom stereocenters. The molecule has 0 fully saturated rings. The number of hydrogen-bond acceptors (Lipinski definition) is 6. The van der Waals surface area contributed by atoms with Gasteiger partial charge in [0.1, 0.15) is 11.2 Å². The average molecular weight is 654 g/mol. The van der Waals surface area contributed by atoms with Crippen LogP contribution in [0.15, 0.2) is 168 Å². The van der Waals surface area contributed by atoms with Gasteiger partial charge in [0, 0.05) is 45.1 Å². The van der Waals surface area contributed by atoms with Gasteiger partial charge in [-0.2, -0.15) is 0 Å². The second-order valence-corrected chi connectivity index (χ2v) is 12.5. The highest BCUT2D eigenvalue weighted by molar-refractivity contribution is 6.12. The number of nitrogens with zero attached hydrogens (tertiary/aromatic N) is 5. The molecule has 0 radical (unpaired) electrons. The Hall–Kier alpha value is -7.05. The quantitative estimate of drug-likeness (QED) is 0.172. The average Bonchev–Trinajstić information content (AvgIpc) is 3.59. The largest absolute Gasteiger partial charge is 0.455 e. The Morgan fingerprint density at radius 1 is 0.373 bits per heavy atom. The third-order valence-corrected chi connectivity index (χ3v) is 9.41. The zero-order valence-electron chi connectivity index (χ0n) is 27.2. The van der Waals surface area contributed by atoms with Crippen molar-refractivity contribution in [2.24, 2.45) is 0 Å². The lowest BCUT2D eigenvalue weighted by Gasteiger charge is -2.12.